The Bertz CT molecular complexity index is 1070. The van der Waals surface area contributed by atoms with Gasteiger partial charge < -0.3 is 24.8 Å². The molecular weight excluding hydrogens is 420 g/mol. The van der Waals surface area contributed by atoms with Crippen LogP contribution in [-0.4, -0.2) is 32.1 Å². The predicted molar refractivity (Wildman–Crippen MR) is 126 cm³/mol. The summed E-state index contributed by atoms with van der Waals surface area (Å²) in [6.07, 6.45) is 0. The highest BCUT2D eigenvalue weighted by Gasteiger charge is 2.13. The molecule has 33 heavy (non-hydrogen) atoms. The molecule has 0 heterocycles. The Hall–Kier alpha value is -4.00. The van der Waals surface area contributed by atoms with E-state index in [1.54, 1.807) is 31.4 Å². The molecule has 0 bridgehead atoms. The molecule has 0 spiro atoms. The van der Waals surface area contributed by atoms with Gasteiger partial charge in [-0.15, -0.1) is 0 Å². The van der Waals surface area contributed by atoms with Crippen LogP contribution >= 0.6 is 0 Å². The van der Waals surface area contributed by atoms with Crippen LogP contribution in [-0.2, 0) is 17.9 Å². The number of ether oxygens (including phenoxy) is 3. The van der Waals surface area contributed by atoms with Crippen LogP contribution in [0.2, 0.25) is 0 Å². The second kappa shape index (κ2) is 12.1. The Labute approximate surface area is 193 Å². The molecule has 2 amide bonds. The lowest BCUT2D eigenvalue weighted by atomic mass is 10.2. The van der Waals surface area contributed by atoms with E-state index < -0.39 is 0 Å². The van der Waals surface area contributed by atoms with Crippen LogP contribution in [0.4, 0.5) is 0 Å². The monoisotopic (exact) mass is 448 g/mol. The van der Waals surface area contributed by atoms with Crippen molar-refractivity contribution in [3.05, 3.63) is 89.5 Å². The van der Waals surface area contributed by atoms with Gasteiger partial charge in [-0.2, -0.15) is 0 Å². The third-order valence-corrected chi connectivity index (χ3v) is 4.80. The first kappa shape index (κ1) is 23.7. The van der Waals surface area contributed by atoms with Gasteiger partial charge in [-0.25, -0.2) is 0 Å². The highest BCUT2D eigenvalue weighted by molar-refractivity contribution is 5.98. The summed E-state index contributed by atoms with van der Waals surface area (Å²) < 4.78 is 16.8. The van der Waals surface area contributed by atoms with Crippen molar-refractivity contribution in [1.82, 2.24) is 10.6 Å². The second-order valence-electron chi connectivity index (χ2n) is 7.15. The van der Waals surface area contributed by atoms with Crippen LogP contribution in [0.25, 0.3) is 0 Å². The number of hydrogen-bond acceptors (Lipinski definition) is 5. The minimum atomic E-state index is -0.365. The average molecular weight is 449 g/mol. The number of hydrogen-bond donors (Lipinski definition) is 2. The van der Waals surface area contributed by atoms with Crippen LogP contribution in [0.5, 0.6) is 17.2 Å². The number of amides is 2. The van der Waals surface area contributed by atoms with Crippen LogP contribution in [0.15, 0.2) is 72.8 Å². The molecule has 3 aromatic rings. The first-order valence-corrected chi connectivity index (χ1v) is 10.7. The van der Waals surface area contributed by atoms with E-state index in [0.29, 0.717) is 42.6 Å². The minimum absolute atomic E-state index is 0.144. The van der Waals surface area contributed by atoms with Crippen LogP contribution in [0.3, 0.4) is 0 Å². The largest absolute Gasteiger partial charge is 0.493 e. The van der Waals surface area contributed by atoms with Crippen molar-refractivity contribution in [2.45, 2.75) is 20.1 Å². The van der Waals surface area contributed by atoms with E-state index >= 15 is 0 Å². The van der Waals surface area contributed by atoms with Crippen molar-refractivity contribution in [2.75, 3.05) is 20.3 Å². The summed E-state index contributed by atoms with van der Waals surface area (Å²) in [7, 11) is 1.57. The maximum absolute atomic E-state index is 12.4. The molecule has 172 valence electrons. The molecule has 0 aromatic heterocycles. The molecule has 0 saturated carbocycles. The Kier molecular flexibility index (Phi) is 8.71. The van der Waals surface area contributed by atoms with Gasteiger partial charge in [-0.05, 0) is 42.3 Å². The molecule has 7 heteroatoms. The number of para-hydroxylation sites is 1. The zero-order chi connectivity index (χ0) is 23.5. The quantitative estimate of drug-likeness (QED) is 0.467. The van der Waals surface area contributed by atoms with Crippen LogP contribution in [0.1, 0.15) is 28.4 Å². The fraction of sp³-hybridized carbons (Fsp3) is 0.231. The second-order valence-corrected chi connectivity index (χ2v) is 7.15. The van der Waals surface area contributed by atoms with Gasteiger partial charge in [0.15, 0.2) is 11.5 Å². The Balaban J connectivity index is 1.50. The maximum atomic E-state index is 12.4. The minimum Gasteiger partial charge on any atom is -0.493 e. The summed E-state index contributed by atoms with van der Waals surface area (Å²) in [6, 6.07) is 22.3. The smallest absolute Gasteiger partial charge is 0.255 e. The zero-order valence-electron chi connectivity index (χ0n) is 18.8. The summed E-state index contributed by atoms with van der Waals surface area (Å²) in [4.78, 5) is 24.6. The van der Waals surface area contributed by atoms with E-state index in [4.69, 9.17) is 14.2 Å². The van der Waals surface area contributed by atoms with Crippen molar-refractivity contribution in [3.63, 3.8) is 0 Å². The van der Waals surface area contributed by atoms with Gasteiger partial charge in [0.05, 0.1) is 25.8 Å². The molecule has 3 rings (SSSR count). The SMILES string of the molecule is CCOc1ccccc1C(=O)NCC(=O)NCc1ccc(OCc2ccccc2)c(OC)c1. The molecule has 0 atom stereocenters. The summed E-state index contributed by atoms with van der Waals surface area (Å²) in [5, 5.41) is 5.41. The molecular formula is C26H28N2O5. The number of rotatable bonds is 11. The molecule has 0 aliphatic heterocycles. The average Bonchev–Trinajstić information content (AvgIpc) is 2.86. The van der Waals surface area contributed by atoms with Gasteiger partial charge in [-0.3, -0.25) is 9.59 Å². The van der Waals surface area contributed by atoms with E-state index in [-0.39, 0.29) is 18.4 Å². The van der Waals surface area contributed by atoms with Crippen LogP contribution < -0.4 is 24.8 Å². The fourth-order valence-electron chi connectivity index (χ4n) is 3.13. The van der Waals surface area contributed by atoms with Gasteiger partial charge in [0.2, 0.25) is 5.91 Å². The Morgan fingerprint density at radius 3 is 2.30 bits per heavy atom. The number of methoxy groups -OCH3 is 1. The molecule has 0 unspecified atom stereocenters. The van der Waals surface area contributed by atoms with E-state index in [9.17, 15) is 9.59 Å². The highest BCUT2D eigenvalue weighted by Crippen LogP contribution is 2.28. The van der Waals surface area contributed by atoms with Gasteiger partial charge in [0.25, 0.3) is 5.91 Å². The van der Waals surface area contributed by atoms with Gasteiger partial charge in [0.1, 0.15) is 12.4 Å². The van der Waals surface area contributed by atoms with Crippen molar-refractivity contribution in [3.8, 4) is 17.2 Å². The first-order valence-electron chi connectivity index (χ1n) is 10.7. The number of nitrogens with one attached hydrogen (secondary N) is 2. The van der Waals surface area contributed by atoms with Gasteiger partial charge in [-0.1, -0.05) is 48.5 Å². The van der Waals surface area contributed by atoms with Crippen molar-refractivity contribution < 1.29 is 23.8 Å². The van der Waals surface area contributed by atoms with Gasteiger partial charge >= 0.3 is 0 Å². The molecule has 2 N–H and O–H groups in total. The number of carbonyl (C=O) groups is 2. The van der Waals surface area contributed by atoms with Gasteiger partial charge in [0, 0.05) is 6.54 Å². The van der Waals surface area contributed by atoms with Crippen molar-refractivity contribution in [1.29, 1.82) is 0 Å². The van der Waals surface area contributed by atoms with Crippen LogP contribution in [0, 0.1) is 0 Å². The molecule has 3 aromatic carbocycles. The molecule has 7 nitrogen and oxygen atoms in total. The normalized spacial score (nSPS) is 10.2. The lowest BCUT2D eigenvalue weighted by molar-refractivity contribution is -0.120. The van der Waals surface area contributed by atoms with Crippen molar-refractivity contribution in [2.24, 2.45) is 0 Å². The van der Waals surface area contributed by atoms with E-state index in [1.165, 1.54) is 0 Å². The summed E-state index contributed by atoms with van der Waals surface area (Å²) >= 11 is 0. The molecule has 0 aliphatic carbocycles. The molecule has 0 fully saturated rings. The predicted octanol–water partition coefficient (Wildman–Crippen LogP) is 3.72. The summed E-state index contributed by atoms with van der Waals surface area (Å²) in [5.41, 5.74) is 2.30. The molecule has 0 radical (unpaired) electrons. The standard InChI is InChI=1S/C26H28N2O5/c1-3-32-22-12-8-7-11-21(22)26(30)28-17-25(29)27-16-20-13-14-23(24(15-20)31-2)33-18-19-9-5-4-6-10-19/h4-15H,3,16-18H2,1-2H3,(H,27,29)(H,28,30). The topological polar surface area (TPSA) is 85.9 Å². The van der Waals surface area contributed by atoms with E-state index in [2.05, 4.69) is 10.6 Å². The lowest BCUT2D eigenvalue weighted by Crippen LogP contribution is -2.36. The van der Waals surface area contributed by atoms with E-state index in [0.717, 1.165) is 11.1 Å². The Morgan fingerprint density at radius 2 is 1.55 bits per heavy atom. The molecule has 0 saturated heterocycles. The zero-order valence-corrected chi connectivity index (χ0v) is 18.8. The summed E-state index contributed by atoms with van der Waals surface area (Å²) in [5.74, 6) is 1.02. The maximum Gasteiger partial charge on any atom is 0.255 e. The highest BCUT2D eigenvalue weighted by atomic mass is 16.5. The van der Waals surface area contributed by atoms with Crippen molar-refractivity contribution >= 4 is 11.8 Å². The number of benzene rings is 3. The third kappa shape index (κ3) is 7.00. The number of carbonyl (C=O) groups excluding carboxylic acids is 2. The molecule has 0 aliphatic rings. The first-order chi connectivity index (χ1) is 16.1. The Morgan fingerprint density at radius 1 is 0.788 bits per heavy atom. The fourth-order valence-corrected chi connectivity index (χ4v) is 3.13. The summed E-state index contributed by atoms with van der Waals surface area (Å²) in [6.45, 7) is 2.87. The lowest BCUT2D eigenvalue weighted by Gasteiger charge is -2.13. The van der Waals surface area contributed by atoms with E-state index in [1.807, 2.05) is 55.5 Å². The third-order valence-electron chi connectivity index (χ3n) is 4.80.